The topological polar surface area (TPSA) is 40.9 Å². The maximum absolute atomic E-state index is 11.0. The van der Waals surface area contributed by atoms with Gasteiger partial charge in [0.2, 0.25) is 0 Å². The van der Waals surface area contributed by atoms with Crippen LogP contribution in [0.3, 0.4) is 0 Å². The van der Waals surface area contributed by atoms with Crippen LogP contribution in [0.15, 0.2) is 10.6 Å². The van der Waals surface area contributed by atoms with E-state index in [-0.39, 0.29) is 11.7 Å². The molecule has 1 atom stereocenters. The molecule has 1 rings (SSSR count). The number of hydrogen-bond acceptors (Lipinski definition) is 2. The fourth-order valence-electron chi connectivity index (χ4n) is 1.53. The summed E-state index contributed by atoms with van der Waals surface area (Å²) in [5.41, 5.74) is -0.393. The summed E-state index contributed by atoms with van der Waals surface area (Å²) < 4.78 is 0.871. The highest BCUT2D eigenvalue weighted by Crippen LogP contribution is 2.40. The van der Waals surface area contributed by atoms with Gasteiger partial charge in [0.25, 0.3) is 0 Å². The Morgan fingerprint density at radius 1 is 1.69 bits per heavy atom. The van der Waals surface area contributed by atoms with Crippen molar-refractivity contribution in [1.82, 2.24) is 0 Å². The fraction of sp³-hybridized carbons (Fsp3) is 0.600. The minimum absolute atomic E-state index is 0.150. The van der Waals surface area contributed by atoms with Crippen molar-refractivity contribution >= 4 is 21.7 Å². The van der Waals surface area contributed by atoms with E-state index in [4.69, 9.17) is 5.26 Å². The van der Waals surface area contributed by atoms with Crippen molar-refractivity contribution < 1.29 is 4.79 Å². The number of allylic oxidation sites excluding steroid dienone is 2. The van der Waals surface area contributed by atoms with Gasteiger partial charge in [-0.1, -0.05) is 15.9 Å². The van der Waals surface area contributed by atoms with Crippen LogP contribution in [-0.4, -0.2) is 5.78 Å². The third-order valence-corrected chi connectivity index (χ3v) is 3.25. The number of nitriles is 1. The van der Waals surface area contributed by atoms with Crippen LogP contribution in [0.4, 0.5) is 0 Å². The van der Waals surface area contributed by atoms with Crippen LogP contribution in [0.5, 0.6) is 0 Å². The first-order valence-corrected chi connectivity index (χ1v) is 5.08. The van der Waals surface area contributed by atoms with E-state index in [0.29, 0.717) is 6.42 Å². The van der Waals surface area contributed by atoms with Gasteiger partial charge >= 0.3 is 0 Å². The molecular weight excluding hydrogens is 230 g/mol. The van der Waals surface area contributed by atoms with Crippen molar-refractivity contribution in [2.24, 2.45) is 11.3 Å². The van der Waals surface area contributed by atoms with Crippen molar-refractivity contribution in [1.29, 1.82) is 5.26 Å². The Labute approximate surface area is 86.7 Å². The maximum Gasteiger partial charge on any atom is 0.156 e. The average Bonchev–Trinajstić information content (AvgIpc) is 2.03. The predicted molar refractivity (Wildman–Crippen MR) is 54.1 cm³/mol. The normalized spacial score (nSPS) is 23.7. The number of nitrogens with zero attached hydrogens (tertiary/aromatic N) is 1. The van der Waals surface area contributed by atoms with E-state index in [0.717, 1.165) is 10.9 Å². The zero-order valence-corrected chi connectivity index (χ0v) is 9.39. The van der Waals surface area contributed by atoms with Crippen LogP contribution in [0, 0.1) is 22.7 Å². The molecule has 0 fully saturated rings. The van der Waals surface area contributed by atoms with Gasteiger partial charge in [0.1, 0.15) is 0 Å². The van der Waals surface area contributed by atoms with Crippen LogP contribution >= 0.6 is 15.9 Å². The molecule has 0 saturated carbocycles. The van der Waals surface area contributed by atoms with Crippen LogP contribution in [0.1, 0.15) is 26.7 Å². The van der Waals surface area contributed by atoms with E-state index in [1.165, 1.54) is 0 Å². The Balaban J connectivity index is 2.92. The minimum Gasteiger partial charge on any atom is -0.295 e. The number of carbonyl (C=O) groups excluding carboxylic acids is 1. The van der Waals surface area contributed by atoms with E-state index < -0.39 is 5.41 Å². The van der Waals surface area contributed by atoms with Gasteiger partial charge < -0.3 is 0 Å². The number of hydrogen-bond donors (Lipinski definition) is 0. The van der Waals surface area contributed by atoms with Gasteiger partial charge in [-0.3, -0.25) is 4.79 Å². The molecule has 0 spiro atoms. The van der Waals surface area contributed by atoms with Crippen LogP contribution < -0.4 is 0 Å². The van der Waals surface area contributed by atoms with Crippen molar-refractivity contribution in [2.45, 2.75) is 26.7 Å². The molecule has 0 amide bonds. The Kier molecular flexibility index (Phi) is 2.92. The molecule has 0 aromatic rings. The second kappa shape index (κ2) is 3.63. The molecule has 0 N–H and O–H groups in total. The van der Waals surface area contributed by atoms with E-state index in [9.17, 15) is 4.79 Å². The molecule has 0 heterocycles. The molecule has 70 valence electrons. The first-order chi connectivity index (χ1) is 5.97. The van der Waals surface area contributed by atoms with Crippen LogP contribution in [-0.2, 0) is 4.79 Å². The van der Waals surface area contributed by atoms with Crippen molar-refractivity contribution in [3.05, 3.63) is 10.6 Å². The van der Waals surface area contributed by atoms with Crippen LogP contribution in [0.25, 0.3) is 0 Å². The number of halogens is 1. The summed E-state index contributed by atoms with van der Waals surface area (Å²) in [6.07, 6.45) is 2.94. The molecule has 0 aromatic heterocycles. The number of rotatable bonds is 1. The lowest BCUT2D eigenvalue weighted by Crippen LogP contribution is -2.26. The smallest absolute Gasteiger partial charge is 0.156 e. The summed E-state index contributed by atoms with van der Waals surface area (Å²) >= 11 is 3.36. The summed E-state index contributed by atoms with van der Waals surface area (Å²) in [4.78, 5) is 11.0. The zero-order valence-electron chi connectivity index (χ0n) is 7.80. The van der Waals surface area contributed by atoms with Crippen molar-refractivity contribution in [3.63, 3.8) is 0 Å². The Hall–Kier alpha value is -0.620. The van der Waals surface area contributed by atoms with Gasteiger partial charge in [-0.05, 0) is 26.3 Å². The lowest BCUT2D eigenvalue weighted by molar-refractivity contribution is -0.115. The van der Waals surface area contributed by atoms with E-state index in [1.807, 2.05) is 13.8 Å². The first kappa shape index (κ1) is 10.5. The standard InChI is InChI=1S/C10H12BrNO/c1-10(2,6-12)8-4-3-7(13)5-9(8)11/h5,8H,3-4H2,1-2H3/t8-/m0/s1. The van der Waals surface area contributed by atoms with Crippen LogP contribution in [0.2, 0.25) is 0 Å². The lowest BCUT2D eigenvalue weighted by atomic mass is 9.75. The summed E-state index contributed by atoms with van der Waals surface area (Å²) in [5, 5.41) is 8.95. The summed E-state index contributed by atoms with van der Waals surface area (Å²) in [5.74, 6) is 0.312. The van der Waals surface area contributed by atoms with E-state index >= 15 is 0 Å². The summed E-state index contributed by atoms with van der Waals surface area (Å²) in [6, 6.07) is 2.27. The van der Waals surface area contributed by atoms with Gasteiger partial charge in [-0.15, -0.1) is 0 Å². The van der Waals surface area contributed by atoms with Gasteiger partial charge in [-0.25, -0.2) is 0 Å². The highest BCUT2D eigenvalue weighted by atomic mass is 79.9. The number of carbonyl (C=O) groups is 1. The summed E-state index contributed by atoms with van der Waals surface area (Å²) in [6.45, 7) is 3.81. The third-order valence-electron chi connectivity index (χ3n) is 2.47. The monoisotopic (exact) mass is 241 g/mol. The molecule has 0 radical (unpaired) electrons. The van der Waals surface area contributed by atoms with Gasteiger partial charge in [-0.2, -0.15) is 5.26 Å². The fourth-order valence-corrected chi connectivity index (χ4v) is 2.59. The molecular formula is C10H12BrNO. The molecule has 0 bridgehead atoms. The largest absolute Gasteiger partial charge is 0.295 e. The zero-order chi connectivity index (χ0) is 10.1. The lowest BCUT2D eigenvalue weighted by Gasteiger charge is -2.29. The number of ketones is 1. The molecule has 13 heavy (non-hydrogen) atoms. The molecule has 1 aliphatic carbocycles. The van der Waals surface area contributed by atoms with Gasteiger partial charge in [0.15, 0.2) is 5.78 Å². The summed E-state index contributed by atoms with van der Waals surface area (Å²) in [7, 11) is 0. The van der Waals surface area contributed by atoms with Gasteiger partial charge in [0, 0.05) is 16.8 Å². The molecule has 2 nitrogen and oxygen atoms in total. The Morgan fingerprint density at radius 2 is 2.31 bits per heavy atom. The first-order valence-electron chi connectivity index (χ1n) is 4.28. The molecule has 0 unspecified atom stereocenters. The molecule has 0 aromatic carbocycles. The Bertz CT molecular complexity index is 299. The highest BCUT2D eigenvalue weighted by molar-refractivity contribution is 9.11. The molecule has 3 heteroatoms. The van der Waals surface area contributed by atoms with Crippen molar-refractivity contribution in [2.75, 3.05) is 0 Å². The third kappa shape index (κ3) is 2.19. The Morgan fingerprint density at radius 3 is 2.77 bits per heavy atom. The molecule has 1 aliphatic rings. The predicted octanol–water partition coefficient (Wildman–Crippen LogP) is 2.79. The van der Waals surface area contributed by atoms with E-state index in [1.54, 1.807) is 6.08 Å². The van der Waals surface area contributed by atoms with Crippen molar-refractivity contribution in [3.8, 4) is 6.07 Å². The molecule has 0 saturated heterocycles. The second-order valence-corrected chi connectivity index (χ2v) is 4.84. The average molecular weight is 242 g/mol. The molecule has 0 aliphatic heterocycles. The second-order valence-electron chi connectivity index (χ2n) is 3.92. The quantitative estimate of drug-likeness (QED) is 0.709. The highest BCUT2D eigenvalue weighted by Gasteiger charge is 2.34. The SMILES string of the molecule is CC(C)(C#N)[C@H]1CCC(=O)C=C1Br. The van der Waals surface area contributed by atoms with E-state index in [2.05, 4.69) is 22.0 Å². The minimum atomic E-state index is -0.393. The van der Waals surface area contributed by atoms with Gasteiger partial charge in [0.05, 0.1) is 11.5 Å². The maximum atomic E-state index is 11.0.